The van der Waals surface area contributed by atoms with Gasteiger partial charge in [-0.15, -0.1) is 0 Å². The van der Waals surface area contributed by atoms with Crippen molar-refractivity contribution >= 4 is 15.9 Å². The van der Waals surface area contributed by atoms with Crippen LogP contribution in [0.5, 0.6) is 11.5 Å². The van der Waals surface area contributed by atoms with Crippen LogP contribution in [0.4, 0.5) is 0 Å². The number of nitrogens with one attached hydrogen (secondary N) is 2. The molecule has 0 aliphatic heterocycles. The minimum Gasteiger partial charge on any atom is -0.508 e. The highest BCUT2D eigenvalue weighted by Gasteiger charge is 2.25. The van der Waals surface area contributed by atoms with E-state index in [0.717, 1.165) is 16.9 Å². The second kappa shape index (κ2) is 15.6. The summed E-state index contributed by atoms with van der Waals surface area (Å²) in [6.07, 6.45) is 0.599. The number of methoxy groups -OCH3 is 1. The Kier molecular flexibility index (Phi) is 12.9. The average Bonchev–Trinajstić information content (AvgIpc) is 2.88. The van der Waals surface area contributed by atoms with E-state index in [4.69, 9.17) is 4.74 Å². The van der Waals surface area contributed by atoms with Crippen LogP contribution in [0.15, 0.2) is 48.5 Å². The molecule has 2 aromatic rings. The molecule has 4 N–H and O–H groups in total. The van der Waals surface area contributed by atoms with Crippen LogP contribution >= 0.6 is 0 Å². The maximum atomic E-state index is 12.8. The normalized spacial score (nSPS) is 13.3. The van der Waals surface area contributed by atoms with E-state index >= 15 is 0 Å². The highest BCUT2D eigenvalue weighted by Crippen LogP contribution is 2.14. The summed E-state index contributed by atoms with van der Waals surface area (Å²) in [6.45, 7) is 5.40. The van der Waals surface area contributed by atoms with Crippen LogP contribution in [0.3, 0.4) is 0 Å². The predicted octanol–water partition coefficient (Wildman–Crippen LogP) is 2.42. The molecule has 0 spiro atoms. The van der Waals surface area contributed by atoms with Crippen molar-refractivity contribution in [2.24, 2.45) is 0 Å². The SMILES string of the molecule is CCCN(CCC)S(=O)(=O)CCC(=O)N[C@@H](Cc1ccc(O)cc1)[C@H](O)CNCc1cccc(OC)c1. The Labute approximate surface area is 220 Å². The quantitative estimate of drug-likeness (QED) is 0.245. The third-order valence-corrected chi connectivity index (χ3v) is 7.82. The lowest BCUT2D eigenvalue weighted by atomic mass is 10.0. The van der Waals surface area contributed by atoms with E-state index in [-0.39, 0.29) is 24.5 Å². The number of carbonyl (C=O) groups excluding carboxylic acids is 1. The number of phenolic OH excluding ortho intramolecular Hbond substituents is 1. The number of hydrogen-bond donors (Lipinski definition) is 4. The maximum Gasteiger partial charge on any atom is 0.221 e. The van der Waals surface area contributed by atoms with Gasteiger partial charge in [-0.25, -0.2) is 12.7 Å². The van der Waals surface area contributed by atoms with Crippen LogP contribution in [0, 0.1) is 0 Å². The molecule has 37 heavy (non-hydrogen) atoms. The summed E-state index contributed by atoms with van der Waals surface area (Å²) in [4.78, 5) is 12.8. The number of carbonyl (C=O) groups is 1. The molecule has 0 aliphatic rings. The standard InChI is InChI=1S/C27H41N3O6S/c1-4-14-30(15-5-2)37(34,35)16-13-27(33)29-25(18-21-9-11-23(31)12-10-21)26(32)20-28-19-22-7-6-8-24(17-22)36-3/h6-12,17,25-26,28,31-32H,4-5,13-16,18-20H2,1-3H3,(H,29,33)/t25-,26+/m0/s1. The first-order valence-corrected chi connectivity index (χ1v) is 14.4. The number of ether oxygens (including phenoxy) is 1. The van der Waals surface area contributed by atoms with E-state index in [9.17, 15) is 23.4 Å². The highest BCUT2D eigenvalue weighted by atomic mass is 32.2. The number of aliphatic hydroxyl groups excluding tert-OH is 1. The molecule has 2 rings (SSSR count). The first kappa shape index (κ1) is 30.6. The van der Waals surface area contributed by atoms with Crippen molar-refractivity contribution in [3.63, 3.8) is 0 Å². The second-order valence-electron chi connectivity index (χ2n) is 9.06. The molecule has 0 heterocycles. The minimum atomic E-state index is -3.55. The number of sulfonamides is 1. The number of phenols is 1. The zero-order chi connectivity index (χ0) is 27.3. The summed E-state index contributed by atoms with van der Waals surface area (Å²) in [7, 11) is -1.95. The average molecular weight is 536 g/mol. The topological polar surface area (TPSA) is 128 Å². The zero-order valence-corrected chi connectivity index (χ0v) is 22.8. The van der Waals surface area contributed by atoms with E-state index in [0.29, 0.717) is 38.9 Å². The van der Waals surface area contributed by atoms with Crippen LogP contribution in [0.2, 0.25) is 0 Å². The van der Waals surface area contributed by atoms with E-state index in [1.54, 1.807) is 31.4 Å². The Morgan fingerprint density at radius 2 is 1.73 bits per heavy atom. The van der Waals surface area contributed by atoms with Gasteiger partial charge in [0.1, 0.15) is 11.5 Å². The van der Waals surface area contributed by atoms with Crippen molar-refractivity contribution in [3.8, 4) is 11.5 Å². The first-order chi connectivity index (χ1) is 17.7. The molecule has 2 atom stereocenters. The van der Waals surface area contributed by atoms with Crippen LogP contribution in [0.25, 0.3) is 0 Å². The Morgan fingerprint density at radius 3 is 2.35 bits per heavy atom. The molecule has 0 unspecified atom stereocenters. The molecule has 0 aromatic heterocycles. The predicted molar refractivity (Wildman–Crippen MR) is 145 cm³/mol. The van der Waals surface area contributed by atoms with Crippen molar-refractivity contribution in [2.45, 2.75) is 58.2 Å². The zero-order valence-electron chi connectivity index (χ0n) is 22.0. The molecule has 0 fully saturated rings. The fourth-order valence-electron chi connectivity index (χ4n) is 3.98. The van der Waals surface area contributed by atoms with E-state index in [1.165, 1.54) is 4.31 Å². The fraction of sp³-hybridized carbons (Fsp3) is 0.519. The Bertz CT molecular complexity index is 1060. The molecule has 2 aromatic carbocycles. The van der Waals surface area contributed by atoms with Gasteiger partial charge in [-0.2, -0.15) is 0 Å². The van der Waals surface area contributed by atoms with Gasteiger partial charge in [0, 0.05) is 32.6 Å². The highest BCUT2D eigenvalue weighted by molar-refractivity contribution is 7.89. The molecular weight excluding hydrogens is 494 g/mol. The Balaban J connectivity index is 2.02. The lowest BCUT2D eigenvalue weighted by molar-refractivity contribution is -0.122. The van der Waals surface area contributed by atoms with Gasteiger partial charge >= 0.3 is 0 Å². The van der Waals surface area contributed by atoms with Crippen LogP contribution < -0.4 is 15.4 Å². The van der Waals surface area contributed by atoms with Gasteiger partial charge < -0.3 is 25.6 Å². The second-order valence-corrected chi connectivity index (χ2v) is 11.1. The van der Waals surface area contributed by atoms with Crippen molar-refractivity contribution in [1.82, 2.24) is 14.9 Å². The van der Waals surface area contributed by atoms with Gasteiger partial charge in [-0.1, -0.05) is 38.1 Å². The molecule has 9 nitrogen and oxygen atoms in total. The summed E-state index contributed by atoms with van der Waals surface area (Å²) in [6, 6.07) is 13.5. The summed E-state index contributed by atoms with van der Waals surface area (Å²) in [5.41, 5.74) is 1.80. The van der Waals surface area contributed by atoms with Gasteiger partial charge in [0.05, 0.1) is 25.0 Å². The number of nitrogens with zero attached hydrogens (tertiary/aromatic N) is 1. The van der Waals surface area contributed by atoms with Crippen LogP contribution in [-0.2, 0) is 27.8 Å². The van der Waals surface area contributed by atoms with Gasteiger partial charge in [0.25, 0.3) is 0 Å². The number of hydrogen-bond acceptors (Lipinski definition) is 7. The van der Waals surface area contributed by atoms with Gasteiger partial charge in [0.2, 0.25) is 15.9 Å². The molecule has 206 valence electrons. The third-order valence-electron chi connectivity index (χ3n) is 5.95. The smallest absolute Gasteiger partial charge is 0.221 e. The van der Waals surface area contributed by atoms with Crippen LogP contribution in [0.1, 0.15) is 44.2 Å². The van der Waals surface area contributed by atoms with Crippen molar-refractivity contribution in [1.29, 1.82) is 0 Å². The summed E-state index contributed by atoms with van der Waals surface area (Å²) < 4.78 is 32.1. The lowest BCUT2D eigenvalue weighted by Gasteiger charge is -2.25. The fourth-order valence-corrected chi connectivity index (χ4v) is 5.60. The Hall–Kier alpha value is -2.66. The maximum absolute atomic E-state index is 12.8. The summed E-state index contributed by atoms with van der Waals surface area (Å²) >= 11 is 0. The number of amides is 1. The third kappa shape index (κ3) is 10.7. The molecule has 0 saturated carbocycles. The first-order valence-electron chi connectivity index (χ1n) is 12.7. The Morgan fingerprint density at radius 1 is 1.05 bits per heavy atom. The molecule has 1 amide bonds. The van der Waals surface area contributed by atoms with Gasteiger partial charge in [-0.3, -0.25) is 4.79 Å². The minimum absolute atomic E-state index is 0.124. The number of aliphatic hydroxyl groups is 1. The van der Waals surface area contributed by atoms with Crippen molar-refractivity contribution < 1.29 is 28.2 Å². The molecular formula is C27H41N3O6S. The number of aromatic hydroxyl groups is 1. The van der Waals surface area contributed by atoms with Crippen molar-refractivity contribution in [2.75, 3.05) is 32.5 Å². The largest absolute Gasteiger partial charge is 0.508 e. The number of rotatable bonds is 17. The monoisotopic (exact) mass is 535 g/mol. The van der Waals surface area contributed by atoms with E-state index < -0.39 is 28.1 Å². The van der Waals surface area contributed by atoms with Crippen LogP contribution in [-0.4, -0.2) is 73.5 Å². The molecule has 0 radical (unpaired) electrons. The molecule has 0 saturated heterocycles. The molecule has 10 heteroatoms. The molecule has 0 bridgehead atoms. The van der Waals surface area contributed by atoms with E-state index in [1.807, 2.05) is 38.1 Å². The summed E-state index contributed by atoms with van der Waals surface area (Å²) in [5, 5.41) is 26.5. The molecule has 0 aliphatic carbocycles. The van der Waals surface area contributed by atoms with Gasteiger partial charge in [-0.05, 0) is 54.7 Å². The number of benzene rings is 2. The van der Waals surface area contributed by atoms with Crippen molar-refractivity contribution in [3.05, 3.63) is 59.7 Å². The lowest BCUT2D eigenvalue weighted by Crippen LogP contribution is -2.49. The van der Waals surface area contributed by atoms with Gasteiger partial charge in [0.15, 0.2) is 0 Å². The van der Waals surface area contributed by atoms with E-state index in [2.05, 4.69) is 10.6 Å². The summed E-state index contributed by atoms with van der Waals surface area (Å²) in [5.74, 6) is 0.143.